The summed E-state index contributed by atoms with van der Waals surface area (Å²) in [5.41, 5.74) is 0.143. The smallest absolute Gasteiger partial charge is 0.166 e. The van der Waals surface area contributed by atoms with Crippen molar-refractivity contribution in [2.24, 2.45) is 5.92 Å². The Labute approximate surface area is 104 Å². The molecule has 0 aromatic carbocycles. The first-order valence-electron chi connectivity index (χ1n) is 6.20. The van der Waals surface area contributed by atoms with Gasteiger partial charge in [0, 0.05) is 25.3 Å². The zero-order valence-electron chi connectivity index (χ0n) is 10.6. The molecule has 1 aliphatic rings. The monoisotopic (exact) mass is 244 g/mol. The predicted octanol–water partition coefficient (Wildman–Crippen LogP) is 2.07. The van der Waals surface area contributed by atoms with Crippen LogP contribution in [0.2, 0.25) is 0 Å². The van der Waals surface area contributed by atoms with E-state index < -0.39 is 0 Å². The molecule has 0 aromatic heterocycles. The molecule has 4 heteroatoms. The Bertz CT molecular complexity index is 227. The molecule has 0 saturated heterocycles. The standard InChI is InChI=1S/C12H24N2OS/c1-4-15-9-5-8-13-11(16)14-12(2,3)10-6-7-10/h10H,4-9H2,1-3H3,(H2,13,14,16). The largest absolute Gasteiger partial charge is 0.382 e. The van der Waals surface area contributed by atoms with Gasteiger partial charge in [-0.05, 0) is 58.2 Å². The molecular formula is C12H24N2OS. The first kappa shape index (κ1) is 13.7. The highest BCUT2D eigenvalue weighted by atomic mass is 32.1. The van der Waals surface area contributed by atoms with Gasteiger partial charge in [-0.15, -0.1) is 0 Å². The minimum atomic E-state index is 0.143. The molecule has 2 N–H and O–H groups in total. The third-order valence-electron chi connectivity index (χ3n) is 2.99. The van der Waals surface area contributed by atoms with Crippen LogP contribution in [0.1, 0.15) is 40.0 Å². The second kappa shape index (κ2) is 6.40. The van der Waals surface area contributed by atoms with Gasteiger partial charge in [-0.3, -0.25) is 0 Å². The van der Waals surface area contributed by atoms with Gasteiger partial charge in [-0.25, -0.2) is 0 Å². The van der Waals surface area contributed by atoms with Gasteiger partial charge in [0.1, 0.15) is 0 Å². The van der Waals surface area contributed by atoms with Gasteiger partial charge in [0.25, 0.3) is 0 Å². The van der Waals surface area contributed by atoms with Crippen molar-refractivity contribution in [1.29, 1.82) is 0 Å². The summed E-state index contributed by atoms with van der Waals surface area (Å²) in [5.74, 6) is 0.788. The predicted molar refractivity (Wildman–Crippen MR) is 71.6 cm³/mol. The van der Waals surface area contributed by atoms with Crippen molar-refractivity contribution >= 4 is 17.3 Å². The Hall–Kier alpha value is -0.350. The van der Waals surface area contributed by atoms with Gasteiger partial charge in [0.05, 0.1) is 0 Å². The summed E-state index contributed by atoms with van der Waals surface area (Å²) >= 11 is 5.26. The van der Waals surface area contributed by atoms with Gasteiger partial charge in [0.2, 0.25) is 0 Å². The summed E-state index contributed by atoms with van der Waals surface area (Å²) in [7, 11) is 0. The maximum Gasteiger partial charge on any atom is 0.166 e. The topological polar surface area (TPSA) is 33.3 Å². The molecule has 1 aliphatic carbocycles. The molecule has 1 fully saturated rings. The molecule has 0 bridgehead atoms. The van der Waals surface area contributed by atoms with E-state index in [1.807, 2.05) is 6.92 Å². The highest BCUT2D eigenvalue weighted by molar-refractivity contribution is 7.80. The van der Waals surface area contributed by atoms with Crippen LogP contribution in [0.15, 0.2) is 0 Å². The van der Waals surface area contributed by atoms with Crippen molar-refractivity contribution in [3.8, 4) is 0 Å². The lowest BCUT2D eigenvalue weighted by atomic mass is 9.99. The Morgan fingerprint density at radius 3 is 2.69 bits per heavy atom. The fourth-order valence-electron chi connectivity index (χ4n) is 1.76. The van der Waals surface area contributed by atoms with Crippen LogP contribution < -0.4 is 10.6 Å². The number of rotatable bonds is 7. The highest BCUT2D eigenvalue weighted by Crippen LogP contribution is 2.39. The van der Waals surface area contributed by atoms with Crippen molar-refractivity contribution in [3.05, 3.63) is 0 Å². The zero-order valence-corrected chi connectivity index (χ0v) is 11.5. The third kappa shape index (κ3) is 5.12. The van der Waals surface area contributed by atoms with Gasteiger partial charge in [0.15, 0.2) is 5.11 Å². The number of hydrogen-bond acceptors (Lipinski definition) is 2. The van der Waals surface area contributed by atoms with E-state index >= 15 is 0 Å². The molecule has 0 unspecified atom stereocenters. The number of hydrogen-bond donors (Lipinski definition) is 2. The lowest BCUT2D eigenvalue weighted by molar-refractivity contribution is 0.145. The van der Waals surface area contributed by atoms with Crippen LogP contribution in [0.3, 0.4) is 0 Å². The average molecular weight is 244 g/mol. The molecule has 0 radical (unpaired) electrons. The third-order valence-corrected chi connectivity index (χ3v) is 3.24. The maximum atomic E-state index is 5.26. The minimum absolute atomic E-state index is 0.143. The van der Waals surface area contributed by atoms with Crippen LogP contribution in [0.25, 0.3) is 0 Å². The van der Waals surface area contributed by atoms with Gasteiger partial charge >= 0.3 is 0 Å². The van der Waals surface area contributed by atoms with Gasteiger partial charge in [-0.1, -0.05) is 0 Å². The lowest BCUT2D eigenvalue weighted by Crippen LogP contribution is -2.49. The normalized spacial score (nSPS) is 15.9. The number of ether oxygens (including phenoxy) is 1. The molecule has 1 saturated carbocycles. The van der Waals surface area contributed by atoms with Crippen LogP contribution in [0.4, 0.5) is 0 Å². The van der Waals surface area contributed by atoms with Crippen LogP contribution in [0, 0.1) is 5.92 Å². The summed E-state index contributed by atoms with van der Waals surface area (Å²) in [4.78, 5) is 0. The second-order valence-corrected chi connectivity index (χ2v) is 5.34. The molecule has 94 valence electrons. The summed E-state index contributed by atoms with van der Waals surface area (Å²) in [6.07, 6.45) is 3.65. The first-order valence-corrected chi connectivity index (χ1v) is 6.61. The number of thiocarbonyl (C=S) groups is 1. The molecule has 0 atom stereocenters. The van der Waals surface area contributed by atoms with Crippen LogP contribution in [-0.2, 0) is 4.74 Å². The molecule has 16 heavy (non-hydrogen) atoms. The maximum absolute atomic E-state index is 5.26. The molecule has 0 amide bonds. The van der Waals surface area contributed by atoms with Crippen LogP contribution >= 0.6 is 12.2 Å². The van der Waals surface area contributed by atoms with Crippen molar-refractivity contribution < 1.29 is 4.74 Å². The van der Waals surface area contributed by atoms with E-state index in [-0.39, 0.29) is 5.54 Å². The van der Waals surface area contributed by atoms with Crippen molar-refractivity contribution in [2.75, 3.05) is 19.8 Å². The van der Waals surface area contributed by atoms with Crippen LogP contribution in [0.5, 0.6) is 0 Å². The van der Waals surface area contributed by atoms with Crippen molar-refractivity contribution in [3.63, 3.8) is 0 Å². The Balaban J connectivity index is 2.06. The number of nitrogens with one attached hydrogen (secondary N) is 2. The summed E-state index contributed by atoms with van der Waals surface area (Å²) in [6.45, 7) is 8.93. The summed E-state index contributed by atoms with van der Waals surface area (Å²) in [6, 6.07) is 0. The Kier molecular flexibility index (Phi) is 5.49. The Morgan fingerprint density at radius 2 is 2.12 bits per heavy atom. The van der Waals surface area contributed by atoms with E-state index in [0.29, 0.717) is 0 Å². The molecule has 1 rings (SSSR count). The van der Waals surface area contributed by atoms with E-state index in [4.69, 9.17) is 17.0 Å². The average Bonchev–Trinajstić information content (AvgIpc) is 2.99. The fraction of sp³-hybridized carbons (Fsp3) is 0.917. The van der Waals surface area contributed by atoms with E-state index in [0.717, 1.165) is 37.2 Å². The van der Waals surface area contributed by atoms with Crippen molar-refractivity contribution in [1.82, 2.24) is 10.6 Å². The fourth-order valence-corrected chi connectivity index (χ4v) is 2.13. The molecule has 0 heterocycles. The first-order chi connectivity index (χ1) is 7.56. The lowest BCUT2D eigenvalue weighted by Gasteiger charge is -2.28. The summed E-state index contributed by atoms with van der Waals surface area (Å²) < 4.78 is 5.26. The second-order valence-electron chi connectivity index (χ2n) is 4.93. The molecule has 3 nitrogen and oxygen atoms in total. The molecule has 0 spiro atoms. The van der Waals surface area contributed by atoms with Gasteiger partial charge < -0.3 is 15.4 Å². The van der Waals surface area contributed by atoms with Gasteiger partial charge in [-0.2, -0.15) is 0 Å². The van der Waals surface area contributed by atoms with E-state index in [1.165, 1.54) is 12.8 Å². The van der Waals surface area contributed by atoms with E-state index in [1.54, 1.807) is 0 Å². The minimum Gasteiger partial charge on any atom is -0.382 e. The quantitative estimate of drug-likeness (QED) is 0.530. The summed E-state index contributed by atoms with van der Waals surface area (Å²) in [5, 5.41) is 7.38. The Morgan fingerprint density at radius 1 is 1.44 bits per heavy atom. The molecule has 0 aliphatic heterocycles. The van der Waals surface area contributed by atoms with E-state index in [9.17, 15) is 0 Å². The highest BCUT2D eigenvalue weighted by Gasteiger charge is 2.37. The van der Waals surface area contributed by atoms with E-state index in [2.05, 4.69) is 24.5 Å². The molecular weight excluding hydrogens is 220 g/mol. The van der Waals surface area contributed by atoms with Crippen LogP contribution in [-0.4, -0.2) is 30.4 Å². The molecule has 0 aromatic rings. The van der Waals surface area contributed by atoms with Crippen molar-refractivity contribution in [2.45, 2.75) is 45.6 Å². The SMILES string of the molecule is CCOCCCNC(=S)NC(C)(C)C1CC1. The zero-order chi connectivity index (χ0) is 12.0.